The van der Waals surface area contributed by atoms with Gasteiger partial charge in [-0.15, -0.1) is 0 Å². The second-order valence-corrected chi connectivity index (χ2v) is 18.8. The van der Waals surface area contributed by atoms with Crippen LogP contribution in [0.1, 0.15) is 54.9 Å². The van der Waals surface area contributed by atoms with Crippen molar-refractivity contribution < 1.29 is 13.6 Å². The van der Waals surface area contributed by atoms with Crippen molar-refractivity contribution in [2.24, 2.45) is 0 Å². The Bertz CT molecular complexity index is 365. The van der Waals surface area contributed by atoms with Gasteiger partial charge in [-0.1, -0.05) is 48.5 Å². The van der Waals surface area contributed by atoms with Crippen LogP contribution >= 0.6 is 0 Å². The van der Waals surface area contributed by atoms with Gasteiger partial charge in [-0.05, 0) is 42.7 Å². The first-order valence-corrected chi connectivity index (χ1v) is 14.2. The largest absolute Gasteiger partial charge is 0.411 e. The molecule has 0 rings (SSSR count). The number of carbonyl (C=O) groups excluding carboxylic acids is 1. The molecule has 0 fully saturated rings. The molecule has 0 amide bonds. The van der Waals surface area contributed by atoms with E-state index < -0.39 is 22.7 Å². The van der Waals surface area contributed by atoms with E-state index in [0.29, 0.717) is 0 Å². The van der Waals surface area contributed by atoms with Crippen LogP contribution in [0.25, 0.3) is 0 Å². The molecular weight excluding hydrogens is 308 g/mol. The van der Waals surface area contributed by atoms with Crippen LogP contribution in [0.15, 0.2) is 0 Å². The summed E-state index contributed by atoms with van der Waals surface area (Å²) in [6, 6.07) is 0. The van der Waals surface area contributed by atoms with E-state index in [2.05, 4.69) is 74.7 Å². The SMILES string of the molecule is CC[C@H](O[Si](C)(C)C(C)(C)C)[C@H](C=O)O[Si](C)(C)C(C)(C)C. The number of aldehydes is 1. The standard InChI is InChI=1S/C17H38O3Si2/c1-12-14(19-21(8,9)16(2,3)4)15(13-18)20-22(10,11)17(5,6)7/h13-15H,12H2,1-11H3/t14-,15-/m0/s1. The van der Waals surface area contributed by atoms with Crippen molar-refractivity contribution in [1.82, 2.24) is 0 Å². The lowest BCUT2D eigenvalue weighted by molar-refractivity contribution is -0.118. The lowest BCUT2D eigenvalue weighted by atomic mass is 10.2. The maximum atomic E-state index is 11.7. The van der Waals surface area contributed by atoms with Gasteiger partial charge < -0.3 is 13.6 Å². The van der Waals surface area contributed by atoms with E-state index in [-0.39, 0.29) is 16.2 Å². The van der Waals surface area contributed by atoms with Crippen molar-refractivity contribution in [2.45, 2.75) is 103 Å². The Morgan fingerprint density at radius 2 is 1.23 bits per heavy atom. The van der Waals surface area contributed by atoms with Gasteiger partial charge in [0.05, 0.1) is 6.10 Å². The molecule has 0 spiro atoms. The molecule has 3 nitrogen and oxygen atoms in total. The number of hydrogen-bond donors (Lipinski definition) is 0. The Kier molecular flexibility index (Phi) is 7.29. The fourth-order valence-electron chi connectivity index (χ4n) is 1.65. The smallest absolute Gasteiger partial charge is 0.193 e. The summed E-state index contributed by atoms with van der Waals surface area (Å²) < 4.78 is 12.8. The van der Waals surface area contributed by atoms with Gasteiger partial charge in [0.1, 0.15) is 12.4 Å². The van der Waals surface area contributed by atoms with E-state index in [1.807, 2.05) is 0 Å². The van der Waals surface area contributed by atoms with E-state index in [1.54, 1.807) is 0 Å². The van der Waals surface area contributed by atoms with Gasteiger partial charge in [-0.2, -0.15) is 0 Å². The molecule has 5 heteroatoms. The van der Waals surface area contributed by atoms with E-state index in [9.17, 15) is 4.79 Å². The summed E-state index contributed by atoms with van der Waals surface area (Å²) in [6.07, 6.45) is 1.14. The van der Waals surface area contributed by atoms with Crippen LogP contribution in [0.5, 0.6) is 0 Å². The van der Waals surface area contributed by atoms with E-state index >= 15 is 0 Å². The molecule has 0 saturated carbocycles. The Morgan fingerprint density at radius 3 is 1.50 bits per heavy atom. The zero-order valence-electron chi connectivity index (χ0n) is 16.7. The Morgan fingerprint density at radius 1 is 0.864 bits per heavy atom. The van der Waals surface area contributed by atoms with Crippen LogP contribution in [0.4, 0.5) is 0 Å². The molecule has 22 heavy (non-hydrogen) atoms. The van der Waals surface area contributed by atoms with Gasteiger partial charge >= 0.3 is 0 Å². The third-order valence-corrected chi connectivity index (χ3v) is 14.4. The van der Waals surface area contributed by atoms with E-state index in [1.165, 1.54) is 0 Å². The zero-order valence-corrected chi connectivity index (χ0v) is 18.7. The lowest BCUT2D eigenvalue weighted by Crippen LogP contribution is -2.52. The Labute approximate surface area is 140 Å². The van der Waals surface area contributed by atoms with Gasteiger partial charge in [0.2, 0.25) is 0 Å². The van der Waals surface area contributed by atoms with Crippen molar-refractivity contribution in [3.63, 3.8) is 0 Å². The summed E-state index contributed by atoms with van der Waals surface area (Å²) in [4.78, 5) is 11.7. The molecule has 0 aliphatic rings. The van der Waals surface area contributed by atoms with Gasteiger partial charge in [0.25, 0.3) is 0 Å². The maximum absolute atomic E-state index is 11.7. The fraction of sp³-hybridized carbons (Fsp3) is 0.941. The van der Waals surface area contributed by atoms with Crippen molar-refractivity contribution in [1.29, 1.82) is 0 Å². The number of carbonyl (C=O) groups is 1. The normalized spacial score (nSPS) is 17.2. The van der Waals surface area contributed by atoms with Gasteiger partial charge in [-0.3, -0.25) is 0 Å². The number of hydrogen-bond acceptors (Lipinski definition) is 3. The van der Waals surface area contributed by atoms with Crippen LogP contribution in [0, 0.1) is 0 Å². The summed E-state index contributed by atoms with van der Waals surface area (Å²) >= 11 is 0. The highest BCUT2D eigenvalue weighted by Gasteiger charge is 2.44. The highest BCUT2D eigenvalue weighted by Crippen LogP contribution is 2.40. The molecule has 0 aromatic rings. The molecule has 0 aliphatic carbocycles. The van der Waals surface area contributed by atoms with Crippen molar-refractivity contribution >= 4 is 22.9 Å². The molecule has 2 atom stereocenters. The maximum Gasteiger partial charge on any atom is 0.193 e. The van der Waals surface area contributed by atoms with Crippen LogP contribution in [0.3, 0.4) is 0 Å². The number of rotatable bonds is 7. The molecular formula is C17H38O3Si2. The average molecular weight is 347 g/mol. The van der Waals surface area contributed by atoms with E-state index in [0.717, 1.165) is 12.7 Å². The summed E-state index contributed by atoms with van der Waals surface area (Å²) in [5.74, 6) is 0. The first-order chi connectivity index (χ1) is 9.59. The quantitative estimate of drug-likeness (QED) is 0.459. The van der Waals surface area contributed by atoms with Gasteiger partial charge in [0.15, 0.2) is 16.6 Å². The van der Waals surface area contributed by atoms with Crippen LogP contribution in [-0.4, -0.2) is 35.1 Å². The molecule has 0 radical (unpaired) electrons. The minimum Gasteiger partial charge on any atom is -0.411 e. The first kappa shape index (κ1) is 22.0. The second kappa shape index (κ2) is 7.28. The van der Waals surface area contributed by atoms with Gasteiger partial charge in [-0.25, -0.2) is 0 Å². The van der Waals surface area contributed by atoms with Crippen molar-refractivity contribution in [3.05, 3.63) is 0 Å². The van der Waals surface area contributed by atoms with Gasteiger partial charge in [0, 0.05) is 0 Å². The first-order valence-electron chi connectivity index (χ1n) is 8.40. The van der Waals surface area contributed by atoms with Crippen LogP contribution < -0.4 is 0 Å². The summed E-state index contributed by atoms with van der Waals surface area (Å²) in [6.45, 7) is 24.1. The molecule has 0 saturated heterocycles. The average Bonchev–Trinajstić information content (AvgIpc) is 2.30. The third kappa shape index (κ3) is 5.58. The predicted octanol–water partition coefficient (Wildman–Crippen LogP) is 5.38. The highest BCUT2D eigenvalue weighted by molar-refractivity contribution is 6.74. The minimum absolute atomic E-state index is 0.0868. The minimum atomic E-state index is -1.99. The molecule has 0 bridgehead atoms. The fourth-order valence-corrected chi connectivity index (χ4v) is 4.30. The molecule has 132 valence electrons. The molecule has 0 heterocycles. The molecule has 0 aromatic carbocycles. The monoisotopic (exact) mass is 346 g/mol. The summed E-state index contributed by atoms with van der Waals surface area (Å²) in [5, 5.41) is 0.217. The molecule has 0 N–H and O–H groups in total. The third-order valence-electron chi connectivity index (χ3n) is 5.39. The van der Waals surface area contributed by atoms with Crippen LogP contribution in [0.2, 0.25) is 36.3 Å². The van der Waals surface area contributed by atoms with E-state index in [4.69, 9.17) is 8.85 Å². The Balaban J connectivity index is 5.24. The zero-order chi connectivity index (χ0) is 18.0. The molecule has 0 unspecified atom stereocenters. The highest BCUT2D eigenvalue weighted by atomic mass is 28.4. The topological polar surface area (TPSA) is 35.5 Å². The lowest BCUT2D eigenvalue weighted by Gasteiger charge is -2.43. The molecule has 0 aliphatic heterocycles. The summed E-state index contributed by atoms with van der Waals surface area (Å²) in [7, 11) is -3.90. The van der Waals surface area contributed by atoms with Crippen molar-refractivity contribution in [3.8, 4) is 0 Å². The Hall–Kier alpha value is 0.0238. The molecule has 0 aromatic heterocycles. The van der Waals surface area contributed by atoms with Crippen molar-refractivity contribution in [2.75, 3.05) is 0 Å². The second-order valence-electron chi connectivity index (χ2n) is 9.30. The summed E-state index contributed by atoms with van der Waals surface area (Å²) in [5.41, 5.74) is 0. The van der Waals surface area contributed by atoms with Crippen LogP contribution in [-0.2, 0) is 13.6 Å². The predicted molar refractivity (Wildman–Crippen MR) is 100 cm³/mol.